The third-order valence-corrected chi connectivity index (χ3v) is 3.70. The van der Waals surface area contributed by atoms with Crippen LogP contribution in [0.1, 0.15) is 23.1 Å². The Balaban J connectivity index is 1.83. The van der Waals surface area contributed by atoms with Crippen molar-refractivity contribution >= 4 is 0 Å². The summed E-state index contributed by atoms with van der Waals surface area (Å²) in [5.41, 5.74) is 0.112. The van der Waals surface area contributed by atoms with Crippen LogP contribution in [0.25, 0.3) is 0 Å². The summed E-state index contributed by atoms with van der Waals surface area (Å²) >= 11 is 0. The zero-order chi connectivity index (χ0) is 19.0. The Morgan fingerprint density at radius 1 is 1.00 bits per heavy atom. The first-order valence-corrected chi connectivity index (χ1v) is 8.24. The summed E-state index contributed by atoms with van der Waals surface area (Å²) in [6.45, 7) is 0.823. The number of hydrogen-bond donors (Lipinski definition) is 1. The fourth-order valence-corrected chi connectivity index (χ4v) is 2.40. The largest absolute Gasteiger partial charge is 0.493 e. The highest BCUT2D eigenvalue weighted by atomic mass is 19.4. The molecule has 0 saturated carbocycles. The molecular formula is C19H20F5NO. The van der Waals surface area contributed by atoms with E-state index in [9.17, 15) is 22.0 Å². The lowest BCUT2D eigenvalue weighted by Crippen LogP contribution is -2.17. The molecule has 0 heterocycles. The molecule has 7 heteroatoms. The lowest BCUT2D eigenvalue weighted by atomic mass is 10.1. The van der Waals surface area contributed by atoms with Gasteiger partial charge in [-0.25, -0.2) is 4.39 Å². The zero-order valence-electron chi connectivity index (χ0n) is 14.1. The van der Waals surface area contributed by atoms with Crippen LogP contribution in [0, 0.1) is 5.82 Å². The molecule has 0 aliphatic rings. The van der Waals surface area contributed by atoms with E-state index in [4.69, 9.17) is 4.74 Å². The second-order valence-corrected chi connectivity index (χ2v) is 5.78. The monoisotopic (exact) mass is 373 g/mol. The van der Waals surface area contributed by atoms with E-state index in [2.05, 4.69) is 5.32 Å². The first-order chi connectivity index (χ1) is 12.4. The predicted octanol–water partition coefficient (Wildman–Crippen LogP) is 4.92. The van der Waals surface area contributed by atoms with Crippen LogP contribution in [0.4, 0.5) is 22.0 Å². The molecule has 2 aromatic carbocycles. The molecule has 0 aliphatic carbocycles. The van der Waals surface area contributed by atoms with E-state index in [1.54, 1.807) is 6.07 Å². The summed E-state index contributed by atoms with van der Waals surface area (Å²) in [7, 11) is 0. The maximum atomic E-state index is 13.3. The topological polar surface area (TPSA) is 21.3 Å². The van der Waals surface area contributed by atoms with Crippen molar-refractivity contribution in [3.63, 3.8) is 0 Å². The highest BCUT2D eigenvalue weighted by molar-refractivity contribution is 5.29. The highest BCUT2D eigenvalue weighted by Crippen LogP contribution is 2.31. The molecule has 0 spiro atoms. The van der Waals surface area contributed by atoms with Crippen LogP contribution in [-0.4, -0.2) is 19.8 Å². The predicted molar refractivity (Wildman–Crippen MR) is 89.3 cm³/mol. The molecule has 0 atom stereocenters. The molecule has 0 amide bonds. The second-order valence-electron chi connectivity index (χ2n) is 5.78. The van der Waals surface area contributed by atoms with Crippen LogP contribution < -0.4 is 10.1 Å². The smallest absolute Gasteiger partial charge is 0.419 e. The number of benzene rings is 2. The summed E-state index contributed by atoms with van der Waals surface area (Å²) < 4.78 is 68.8. The lowest BCUT2D eigenvalue weighted by Gasteiger charge is -2.11. The van der Waals surface area contributed by atoms with Gasteiger partial charge in [-0.3, -0.25) is 4.39 Å². The van der Waals surface area contributed by atoms with E-state index in [0.29, 0.717) is 43.9 Å². The molecule has 1 N–H and O–H groups in total. The maximum absolute atomic E-state index is 13.3. The van der Waals surface area contributed by atoms with Crippen LogP contribution in [-0.2, 0) is 19.1 Å². The summed E-state index contributed by atoms with van der Waals surface area (Å²) in [6.07, 6.45) is -4.02. The van der Waals surface area contributed by atoms with Crippen molar-refractivity contribution in [3.05, 3.63) is 65.0 Å². The van der Waals surface area contributed by atoms with Crippen LogP contribution in [0.5, 0.6) is 5.75 Å². The third kappa shape index (κ3) is 6.29. The number of nitrogens with one attached hydrogen (secondary N) is 1. The standard InChI is InChI=1S/C19H20F5NO/c20-8-2-10-26-16-4-1-3-15(11-16)13-25-9-7-14-5-6-18(21)17(12-14)19(22,23)24/h1,3-6,11-12,25H,2,7-10,13H2. The van der Waals surface area contributed by atoms with Gasteiger partial charge in [-0.1, -0.05) is 18.2 Å². The molecule has 0 bridgehead atoms. The summed E-state index contributed by atoms with van der Waals surface area (Å²) in [6, 6.07) is 10.3. The minimum Gasteiger partial charge on any atom is -0.493 e. The first kappa shape index (κ1) is 20.2. The van der Waals surface area contributed by atoms with E-state index in [-0.39, 0.29) is 0 Å². The Kier molecular flexibility index (Phi) is 7.38. The van der Waals surface area contributed by atoms with Crippen LogP contribution in [0.3, 0.4) is 0 Å². The third-order valence-electron chi connectivity index (χ3n) is 3.70. The minimum absolute atomic E-state index is 0.305. The molecular weight excluding hydrogens is 353 g/mol. The average molecular weight is 373 g/mol. The Morgan fingerprint density at radius 2 is 1.81 bits per heavy atom. The van der Waals surface area contributed by atoms with Gasteiger partial charge in [-0.05, 0) is 48.4 Å². The van der Waals surface area contributed by atoms with Gasteiger partial charge in [0, 0.05) is 13.0 Å². The first-order valence-electron chi connectivity index (χ1n) is 8.24. The van der Waals surface area contributed by atoms with Crippen LogP contribution in [0.2, 0.25) is 0 Å². The summed E-state index contributed by atoms with van der Waals surface area (Å²) in [5, 5.41) is 3.13. The molecule has 0 aromatic heterocycles. The van der Waals surface area contributed by atoms with Crippen molar-refractivity contribution in [2.24, 2.45) is 0 Å². The van der Waals surface area contributed by atoms with E-state index >= 15 is 0 Å². The molecule has 26 heavy (non-hydrogen) atoms. The van der Waals surface area contributed by atoms with Gasteiger partial charge >= 0.3 is 6.18 Å². The normalized spacial score (nSPS) is 11.6. The van der Waals surface area contributed by atoms with Gasteiger partial charge in [-0.15, -0.1) is 0 Å². The van der Waals surface area contributed by atoms with Gasteiger partial charge in [0.2, 0.25) is 0 Å². The van der Waals surface area contributed by atoms with Gasteiger partial charge < -0.3 is 10.1 Å². The molecule has 2 aromatic rings. The number of alkyl halides is 4. The lowest BCUT2D eigenvalue weighted by molar-refractivity contribution is -0.140. The number of rotatable bonds is 9. The number of halogens is 5. The van der Waals surface area contributed by atoms with Gasteiger partial charge in [0.15, 0.2) is 0 Å². The number of ether oxygens (including phenoxy) is 1. The Hall–Kier alpha value is -2.15. The molecule has 0 fully saturated rings. The maximum Gasteiger partial charge on any atom is 0.419 e. The summed E-state index contributed by atoms with van der Waals surface area (Å²) in [5.74, 6) is -0.620. The molecule has 2 nitrogen and oxygen atoms in total. The fourth-order valence-electron chi connectivity index (χ4n) is 2.40. The molecule has 142 valence electrons. The van der Waals surface area contributed by atoms with Crippen molar-refractivity contribution in [1.29, 1.82) is 0 Å². The highest BCUT2D eigenvalue weighted by Gasteiger charge is 2.34. The average Bonchev–Trinajstić information content (AvgIpc) is 2.60. The Morgan fingerprint density at radius 3 is 2.54 bits per heavy atom. The van der Waals surface area contributed by atoms with Crippen molar-refractivity contribution in [3.8, 4) is 5.75 Å². The second kappa shape index (κ2) is 9.52. The summed E-state index contributed by atoms with van der Waals surface area (Å²) in [4.78, 5) is 0. The van der Waals surface area contributed by atoms with Crippen molar-refractivity contribution < 1.29 is 26.7 Å². The Labute approximate surface area is 149 Å². The van der Waals surface area contributed by atoms with Gasteiger partial charge in [0.05, 0.1) is 18.8 Å². The van der Waals surface area contributed by atoms with E-state index < -0.39 is 24.2 Å². The SMILES string of the molecule is FCCCOc1cccc(CNCCc2ccc(F)c(C(F)(F)F)c2)c1. The van der Waals surface area contributed by atoms with Crippen molar-refractivity contribution in [2.75, 3.05) is 19.8 Å². The zero-order valence-corrected chi connectivity index (χ0v) is 14.1. The molecule has 0 aliphatic heterocycles. The molecule has 0 saturated heterocycles. The van der Waals surface area contributed by atoms with Gasteiger partial charge in [-0.2, -0.15) is 13.2 Å². The van der Waals surface area contributed by atoms with Crippen molar-refractivity contribution in [2.45, 2.75) is 25.6 Å². The van der Waals surface area contributed by atoms with Gasteiger partial charge in [0.1, 0.15) is 11.6 Å². The fraction of sp³-hybridized carbons (Fsp3) is 0.368. The van der Waals surface area contributed by atoms with E-state index in [1.165, 1.54) is 6.07 Å². The van der Waals surface area contributed by atoms with E-state index in [0.717, 1.165) is 17.7 Å². The van der Waals surface area contributed by atoms with Gasteiger partial charge in [0.25, 0.3) is 0 Å². The van der Waals surface area contributed by atoms with Crippen molar-refractivity contribution in [1.82, 2.24) is 5.32 Å². The molecule has 0 radical (unpaired) electrons. The quantitative estimate of drug-likeness (QED) is 0.498. The minimum atomic E-state index is -4.70. The van der Waals surface area contributed by atoms with Crippen LogP contribution >= 0.6 is 0 Å². The molecule has 2 rings (SSSR count). The van der Waals surface area contributed by atoms with E-state index in [1.807, 2.05) is 18.2 Å². The Bertz CT molecular complexity index is 703. The van der Waals surface area contributed by atoms with Crippen LogP contribution in [0.15, 0.2) is 42.5 Å². The molecule has 0 unspecified atom stereocenters. The number of hydrogen-bond acceptors (Lipinski definition) is 2.